The van der Waals surface area contributed by atoms with Crippen LogP contribution in [0, 0.1) is 11.3 Å². The largest absolute Gasteiger partial charge is 0.493 e. The van der Waals surface area contributed by atoms with Crippen molar-refractivity contribution in [3.05, 3.63) is 54.1 Å². The third-order valence-corrected chi connectivity index (χ3v) is 6.67. The van der Waals surface area contributed by atoms with Gasteiger partial charge in [0.2, 0.25) is 0 Å². The van der Waals surface area contributed by atoms with Crippen LogP contribution in [0.5, 0.6) is 5.75 Å². The molecule has 2 aliphatic rings. The third kappa shape index (κ3) is 5.09. The molecular formula is C25H28F3NO3. The molecule has 4 rings (SSSR count). The molecule has 2 aromatic rings. The summed E-state index contributed by atoms with van der Waals surface area (Å²) in [7, 11) is 1.36. The zero-order valence-corrected chi connectivity index (χ0v) is 18.2. The Morgan fingerprint density at radius 2 is 1.56 bits per heavy atom. The van der Waals surface area contributed by atoms with Crippen molar-refractivity contribution in [3.63, 3.8) is 0 Å². The standard InChI is InChI=1S/C25H28F3NO3/c1-31-23(30)21-4-2-19(3-5-21)20-6-8-22(9-7-20)32-16-18-10-14-29(15-11-18)17-24(12-13-24)25(26,27)28/h2-9,18H,10-17H2,1H3. The maximum atomic E-state index is 13.2. The number of halogens is 3. The molecule has 7 heteroatoms. The summed E-state index contributed by atoms with van der Waals surface area (Å²) in [4.78, 5) is 13.5. The monoisotopic (exact) mass is 447 g/mol. The van der Waals surface area contributed by atoms with E-state index in [1.807, 2.05) is 41.3 Å². The number of methoxy groups -OCH3 is 1. The third-order valence-electron chi connectivity index (χ3n) is 6.67. The van der Waals surface area contributed by atoms with Gasteiger partial charge >= 0.3 is 12.1 Å². The minimum atomic E-state index is -4.08. The molecular weight excluding hydrogens is 419 g/mol. The fourth-order valence-electron chi connectivity index (χ4n) is 4.30. The number of ether oxygens (including phenoxy) is 2. The Hall–Kier alpha value is -2.54. The zero-order chi connectivity index (χ0) is 22.8. The van der Waals surface area contributed by atoms with Crippen molar-refractivity contribution in [2.24, 2.45) is 11.3 Å². The predicted octanol–water partition coefficient (Wildman–Crippen LogP) is 5.57. The normalized spacial score (nSPS) is 18.9. The highest BCUT2D eigenvalue weighted by atomic mass is 19.4. The summed E-state index contributed by atoms with van der Waals surface area (Å²) in [6.07, 6.45) is -1.82. The van der Waals surface area contributed by atoms with Crippen LogP contribution in [-0.2, 0) is 4.74 Å². The van der Waals surface area contributed by atoms with Crippen LogP contribution in [0.2, 0.25) is 0 Å². The van der Waals surface area contributed by atoms with E-state index in [1.165, 1.54) is 7.11 Å². The smallest absolute Gasteiger partial charge is 0.395 e. The molecule has 1 heterocycles. The van der Waals surface area contributed by atoms with Crippen LogP contribution in [0.4, 0.5) is 13.2 Å². The maximum absolute atomic E-state index is 13.2. The van der Waals surface area contributed by atoms with Gasteiger partial charge in [-0.15, -0.1) is 0 Å². The Morgan fingerprint density at radius 1 is 1.00 bits per heavy atom. The Balaban J connectivity index is 1.23. The molecule has 2 aromatic carbocycles. The fraction of sp³-hybridized carbons (Fsp3) is 0.480. The van der Waals surface area contributed by atoms with Crippen LogP contribution >= 0.6 is 0 Å². The molecule has 1 saturated carbocycles. The van der Waals surface area contributed by atoms with Crippen LogP contribution in [0.25, 0.3) is 11.1 Å². The van der Waals surface area contributed by atoms with E-state index in [4.69, 9.17) is 9.47 Å². The van der Waals surface area contributed by atoms with Gasteiger partial charge < -0.3 is 14.4 Å². The lowest BCUT2D eigenvalue weighted by Gasteiger charge is -2.34. The molecule has 1 aliphatic heterocycles. The molecule has 0 atom stereocenters. The minimum Gasteiger partial charge on any atom is -0.493 e. The predicted molar refractivity (Wildman–Crippen MR) is 116 cm³/mol. The van der Waals surface area contributed by atoms with Crippen molar-refractivity contribution in [2.75, 3.05) is 33.4 Å². The number of hydrogen-bond acceptors (Lipinski definition) is 4. The Kier molecular flexibility index (Phi) is 6.47. The van der Waals surface area contributed by atoms with Crippen molar-refractivity contribution in [3.8, 4) is 16.9 Å². The van der Waals surface area contributed by atoms with Gasteiger partial charge in [-0.3, -0.25) is 0 Å². The van der Waals surface area contributed by atoms with Gasteiger partial charge in [-0.2, -0.15) is 13.2 Å². The Bertz CT molecular complexity index is 913. The SMILES string of the molecule is COC(=O)c1ccc(-c2ccc(OCC3CCN(CC4(C(F)(F)F)CC4)CC3)cc2)cc1. The molecule has 4 nitrogen and oxygen atoms in total. The van der Waals surface area contributed by atoms with E-state index in [-0.39, 0.29) is 25.4 Å². The molecule has 0 spiro atoms. The van der Waals surface area contributed by atoms with Gasteiger partial charge in [-0.1, -0.05) is 24.3 Å². The van der Waals surface area contributed by atoms with Crippen LogP contribution in [-0.4, -0.2) is 50.4 Å². The van der Waals surface area contributed by atoms with Gasteiger partial charge in [0.25, 0.3) is 0 Å². The molecule has 0 N–H and O–H groups in total. The van der Waals surface area contributed by atoms with Crippen LogP contribution in [0.1, 0.15) is 36.0 Å². The molecule has 1 saturated heterocycles. The molecule has 2 fully saturated rings. The number of rotatable bonds is 7. The summed E-state index contributed by atoms with van der Waals surface area (Å²) in [6.45, 7) is 2.12. The first kappa shape index (κ1) is 22.6. The molecule has 0 amide bonds. The van der Waals surface area contributed by atoms with Crippen molar-refractivity contribution >= 4 is 5.97 Å². The second kappa shape index (κ2) is 9.14. The van der Waals surface area contributed by atoms with Crippen LogP contribution in [0.3, 0.4) is 0 Å². The molecule has 0 unspecified atom stereocenters. The quantitative estimate of drug-likeness (QED) is 0.520. The van der Waals surface area contributed by atoms with Gasteiger partial charge in [0.1, 0.15) is 5.75 Å². The molecule has 0 bridgehead atoms. The summed E-state index contributed by atoms with van der Waals surface area (Å²) in [5, 5.41) is 0. The van der Waals surface area contributed by atoms with E-state index in [2.05, 4.69) is 0 Å². The number of benzene rings is 2. The number of carbonyl (C=O) groups is 1. The number of piperidine rings is 1. The van der Waals surface area contributed by atoms with Crippen LogP contribution in [0.15, 0.2) is 48.5 Å². The number of carbonyl (C=O) groups excluding carboxylic acids is 1. The van der Waals surface area contributed by atoms with Gasteiger partial charge in [0, 0.05) is 6.54 Å². The average molecular weight is 447 g/mol. The zero-order valence-electron chi connectivity index (χ0n) is 18.2. The van der Waals surface area contributed by atoms with Gasteiger partial charge in [0.05, 0.1) is 24.7 Å². The number of nitrogens with zero attached hydrogens (tertiary/aromatic N) is 1. The summed E-state index contributed by atoms with van der Waals surface area (Å²) >= 11 is 0. The van der Waals surface area contributed by atoms with E-state index in [1.54, 1.807) is 12.1 Å². The highest BCUT2D eigenvalue weighted by molar-refractivity contribution is 5.89. The van der Waals surface area contributed by atoms with Gasteiger partial charge in [0.15, 0.2) is 0 Å². The van der Waals surface area contributed by atoms with E-state index in [0.29, 0.717) is 31.2 Å². The minimum absolute atomic E-state index is 0.145. The highest BCUT2D eigenvalue weighted by Gasteiger charge is 2.63. The summed E-state index contributed by atoms with van der Waals surface area (Å²) in [6, 6.07) is 15.0. The Morgan fingerprint density at radius 3 is 2.06 bits per heavy atom. The van der Waals surface area contributed by atoms with E-state index in [9.17, 15) is 18.0 Å². The molecule has 0 aromatic heterocycles. The first-order chi connectivity index (χ1) is 15.3. The van der Waals surface area contributed by atoms with Gasteiger partial charge in [-0.25, -0.2) is 4.79 Å². The summed E-state index contributed by atoms with van der Waals surface area (Å²) < 4.78 is 50.2. The number of hydrogen-bond donors (Lipinski definition) is 0. The summed E-state index contributed by atoms with van der Waals surface area (Å²) in [5.41, 5.74) is 1.06. The van der Waals surface area contributed by atoms with E-state index >= 15 is 0 Å². The topological polar surface area (TPSA) is 38.8 Å². The van der Waals surface area contributed by atoms with Crippen molar-refractivity contribution in [1.82, 2.24) is 4.90 Å². The van der Waals surface area contributed by atoms with Crippen molar-refractivity contribution < 1.29 is 27.4 Å². The molecule has 32 heavy (non-hydrogen) atoms. The number of alkyl halides is 3. The summed E-state index contributed by atoms with van der Waals surface area (Å²) in [5.74, 6) is 0.771. The fourth-order valence-corrected chi connectivity index (χ4v) is 4.30. The van der Waals surface area contributed by atoms with Crippen LogP contribution < -0.4 is 4.74 Å². The molecule has 1 aliphatic carbocycles. The number of esters is 1. The Labute approximate surface area is 186 Å². The lowest BCUT2D eigenvalue weighted by Crippen LogP contribution is -2.43. The lowest BCUT2D eigenvalue weighted by atomic mass is 9.96. The van der Waals surface area contributed by atoms with Crippen molar-refractivity contribution in [2.45, 2.75) is 31.9 Å². The lowest BCUT2D eigenvalue weighted by molar-refractivity contribution is -0.192. The first-order valence-corrected chi connectivity index (χ1v) is 11.0. The maximum Gasteiger partial charge on any atom is 0.395 e. The average Bonchev–Trinajstić information content (AvgIpc) is 3.59. The molecule has 0 radical (unpaired) electrons. The number of likely N-dealkylation sites (tertiary alicyclic amines) is 1. The molecule has 172 valence electrons. The first-order valence-electron chi connectivity index (χ1n) is 11.0. The second-order valence-electron chi connectivity index (χ2n) is 8.90. The van der Waals surface area contributed by atoms with E-state index in [0.717, 1.165) is 29.7 Å². The van der Waals surface area contributed by atoms with Crippen molar-refractivity contribution in [1.29, 1.82) is 0 Å². The second-order valence-corrected chi connectivity index (χ2v) is 8.90. The van der Waals surface area contributed by atoms with E-state index < -0.39 is 11.6 Å². The highest BCUT2D eigenvalue weighted by Crippen LogP contribution is 2.58. The van der Waals surface area contributed by atoms with Gasteiger partial charge in [-0.05, 0) is 80.1 Å².